The maximum Gasteiger partial charge on any atom is 0.319 e. The number of aryl methyl sites for hydroxylation is 2. The van der Waals surface area contributed by atoms with E-state index in [1.165, 1.54) is 7.11 Å². The number of nitrogens with two attached hydrogens (primary N) is 1. The van der Waals surface area contributed by atoms with Gasteiger partial charge in [0.25, 0.3) is 0 Å². The maximum atomic E-state index is 12.6. The lowest BCUT2D eigenvalue weighted by molar-refractivity contribution is -0.132. The minimum absolute atomic E-state index is 0.0259. The molecule has 284 valence electrons. The third-order valence-corrected chi connectivity index (χ3v) is 10.6. The van der Waals surface area contributed by atoms with Crippen LogP contribution in [0.4, 0.5) is 0 Å². The Balaban J connectivity index is 1.40. The van der Waals surface area contributed by atoms with Gasteiger partial charge in [0.2, 0.25) is 11.8 Å². The van der Waals surface area contributed by atoms with Crippen molar-refractivity contribution in [1.29, 1.82) is 0 Å². The first-order valence-corrected chi connectivity index (χ1v) is 20.9. The normalized spacial score (nSPS) is 17.2. The van der Waals surface area contributed by atoms with Gasteiger partial charge < -0.3 is 34.0 Å². The van der Waals surface area contributed by atoms with E-state index in [9.17, 15) is 18.7 Å². The first-order valence-electron chi connectivity index (χ1n) is 18.4. The van der Waals surface area contributed by atoms with Gasteiger partial charge in [0.1, 0.15) is 0 Å². The van der Waals surface area contributed by atoms with E-state index < -0.39 is 16.5 Å². The quantitative estimate of drug-likeness (QED) is 0.0716. The molecule has 2 rings (SSSR count). The van der Waals surface area contributed by atoms with Crippen molar-refractivity contribution < 1.29 is 36.8 Å². The fraction of sp³-hybridized carbons (Fsp3) is 0.879. The summed E-state index contributed by atoms with van der Waals surface area (Å²) >= 11 is 0. The molecule has 1 aromatic heterocycles. The van der Waals surface area contributed by atoms with Crippen LogP contribution >= 0.6 is 16.5 Å². The van der Waals surface area contributed by atoms with Crippen LogP contribution in [0.5, 0.6) is 0 Å². The molecule has 16 heteroatoms. The summed E-state index contributed by atoms with van der Waals surface area (Å²) < 4.78 is 45.7. The predicted molar refractivity (Wildman–Crippen MR) is 192 cm³/mol. The summed E-state index contributed by atoms with van der Waals surface area (Å²) in [5.41, 5.74) is 6.77. The van der Waals surface area contributed by atoms with Gasteiger partial charge in [-0.05, 0) is 77.0 Å². The molecule has 1 saturated heterocycles. The number of aromatic nitrogens is 3. The number of nitrogens with one attached hydrogen (secondary N) is 1. The van der Waals surface area contributed by atoms with Gasteiger partial charge in [0.05, 0.1) is 31.6 Å². The highest BCUT2D eigenvalue weighted by atomic mass is 31.1. The third kappa shape index (κ3) is 20.7. The number of likely N-dealkylation sites (tertiary alicyclic amines) is 1. The van der Waals surface area contributed by atoms with Gasteiger partial charge in [0, 0.05) is 51.8 Å². The Hall–Kier alpha value is -1.66. The Labute approximate surface area is 295 Å². The molecule has 1 aromatic rings. The van der Waals surface area contributed by atoms with E-state index in [-0.39, 0.29) is 30.5 Å². The molecule has 0 aromatic carbocycles. The van der Waals surface area contributed by atoms with E-state index >= 15 is 0 Å². The molecule has 5 atom stereocenters. The summed E-state index contributed by atoms with van der Waals surface area (Å²) in [7, 11) is -3.54. The van der Waals surface area contributed by atoms with Gasteiger partial charge in [-0.1, -0.05) is 44.2 Å². The van der Waals surface area contributed by atoms with Crippen LogP contribution in [-0.4, -0.2) is 83.8 Å². The van der Waals surface area contributed by atoms with Crippen molar-refractivity contribution in [3.8, 4) is 0 Å². The lowest BCUT2D eigenvalue weighted by atomic mass is 9.97. The van der Waals surface area contributed by atoms with Crippen molar-refractivity contribution in [1.82, 2.24) is 25.2 Å². The number of carbonyl (C=O) groups excluding carboxylic acids is 2. The van der Waals surface area contributed by atoms with E-state index in [2.05, 4.69) is 27.1 Å². The molecule has 2 heterocycles. The van der Waals surface area contributed by atoms with Gasteiger partial charge in [-0.15, -0.1) is 5.10 Å². The van der Waals surface area contributed by atoms with E-state index in [4.69, 9.17) is 19.3 Å². The molecule has 2 amide bonds. The molecule has 49 heavy (non-hydrogen) atoms. The monoisotopic (exact) mass is 734 g/mol. The largest absolute Gasteiger partial charge is 0.356 e. The molecule has 1 aliphatic heterocycles. The first-order chi connectivity index (χ1) is 23.7. The smallest absolute Gasteiger partial charge is 0.319 e. The molecule has 0 radical (unpaired) electrons. The summed E-state index contributed by atoms with van der Waals surface area (Å²) in [6, 6.07) is 0.191. The molecule has 14 nitrogen and oxygen atoms in total. The summed E-state index contributed by atoms with van der Waals surface area (Å²) in [5, 5.41) is 11.4. The lowest BCUT2D eigenvalue weighted by Gasteiger charge is -2.24. The fourth-order valence-electron chi connectivity index (χ4n) is 5.68. The third-order valence-electron chi connectivity index (χ3n) is 8.99. The molecule has 0 aliphatic carbocycles. The molecular weight excluding hydrogens is 670 g/mol. The lowest BCUT2D eigenvalue weighted by Crippen LogP contribution is -2.37. The first kappa shape index (κ1) is 43.5. The zero-order valence-corrected chi connectivity index (χ0v) is 32.2. The Morgan fingerprint density at radius 1 is 0.939 bits per heavy atom. The van der Waals surface area contributed by atoms with Crippen LogP contribution in [0.3, 0.4) is 0 Å². The van der Waals surface area contributed by atoms with Crippen molar-refractivity contribution in [2.75, 3.05) is 40.0 Å². The zero-order valence-electron chi connectivity index (χ0n) is 30.2. The Kier molecular flexibility index (Phi) is 24.0. The van der Waals surface area contributed by atoms with Crippen LogP contribution in [0.1, 0.15) is 122 Å². The molecule has 1 fully saturated rings. The fourth-order valence-corrected chi connectivity index (χ4v) is 6.83. The number of amides is 2. The van der Waals surface area contributed by atoms with E-state index in [1.807, 2.05) is 22.7 Å². The average molecular weight is 735 g/mol. The Morgan fingerprint density at radius 3 is 2.39 bits per heavy atom. The second kappa shape index (κ2) is 27.1. The highest BCUT2D eigenvalue weighted by molar-refractivity contribution is 7.33. The number of hydrogen-bond acceptors (Lipinski definition) is 11. The summed E-state index contributed by atoms with van der Waals surface area (Å²) in [6.45, 7) is 7.49. The average Bonchev–Trinajstić information content (AvgIpc) is 3.75. The van der Waals surface area contributed by atoms with Crippen molar-refractivity contribution in [2.24, 2.45) is 11.7 Å². The van der Waals surface area contributed by atoms with E-state index in [0.717, 1.165) is 95.7 Å². The second-order valence-electron chi connectivity index (χ2n) is 13.2. The van der Waals surface area contributed by atoms with Gasteiger partial charge >= 0.3 is 16.5 Å². The molecule has 1 aliphatic rings. The van der Waals surface area contributed by atoms with Crippen LogP contribution in [0.15, 0.2) is 6.20 Å². The highest BCUT2D eigenvalue weighted by Crippen LogP contribution is 2.27. The van der Waals surface area contributed by atoms with Crippen molar-refractivity contribution >= 4 is 28.3 Å². The van der Waals surface area contributed by atoms with Crippen molar-refractivity contribution in [3.05, 3.63) is 11.9 Å². The van der Waals surface area contributed by atoms with Crippen LogP contribution in [0.25, 0.3) is 0 Å². The molecule has 0 spiro atoms. The SMILES string of the molecule is CO[PH](=O)OC[C@@H]1CCCN1C(=O)CCCCCNC(=O)CCCc1cn(CCCCCCO[PH](=O)OCCCCC[C@@H](C)[C@@H](C)N)nn1. The van der Waals surface area contributed by atoms with E-state index in [1.54, 1.807) is 0 Å². The minimum Gasteiger partial charge on any atom is -0.356 e. The van der Waals surface area contributed by atoms with Gasteiger partial charge in [0.15, 0.2) is 0 Å². The van der Waals surface area contributed by atoms with Gasteiger partial charge in [-0.2, -0.15) is 0 Å². The number of unbranched alkanes of at least 4 members (excludes halogenated alkanes) is 7. The maximum absolute atomic E-state index is 12.6. The predicted octanol–water partition coefficient (Wildman–Crippen LogP) is 5.85. The standard InChI is InChI=1S/C33H64N6O8P2/c1-28(29(2)34)16-8-7-13-25-46-49(43)45-24-12-5-4-11-22-38-26-30(36-37-38)17-14-19-32(40)35-21-10-6-9-20-33(41)39-23-15-18-31(39)27-47-48(42)44-3/h26,28-29,31,48-49H,4-25,27,34H2,1-3H3,(H,35,40)/t28-,29-,31+/m1/s1. The van der Waals surface area contributed by atoms with Crippen LogP contribution in [-0.2, 0) is 49.8 Å². The van der Waals surface area contributed by atoms with Crippen molar-refractivity contribution in [2.45, 2.75) is 142 Å². The van der Waals surface area contributed by atoms with Crippen LogP contribution in [0.2, 0.25) is 0 Å². The van der Waals surface area contributed by atoms with Crippen molar-refractivity contribution in [3.63, 3.8) is 0 Å². The number of nitrogens with zero attached hydrogens (tertiary/aromatic N) is 4. The molecule has 3 N–H and O–H groups in total. The Morgan fingerprint density at radius 2 is 1.65 bits per heavy atom. The summed E-state index contributed by atoms with van der Waals surface area (Å²) in [4.78, 5) is 26.7. The molecular formula is C33H64N6O8P2. The minimum atomic E-state index is -2.47. The topological polar surface area (TPSA) is 177 Å². The molecule has 0 bridgehead atoms. The number of rotatable bonds is 30. The molecule has 2 unspecified atom stereocenters. The highest BCUT2D eigenvalue weighted by Gasteiger charge is 2.28. The van der Waals surface area contributed by atoms with Gasteiger partial charge in [-0.25, -0.2) is 0 Å². The van der Waals surface area contributed by atoms with E-state index in [0.29, 0.717) is 57.9 Å². The number of hydrogen-bond donors (Lipinski definition) is 2. The zero-order chi connectivity index (χ0) is 35.7. The van der Waals surface area contributed by atoms with Crippen LogP contribution in [0, 0.1) is 5.92 Å². The summed E-state index contributed by atoms with van der Waals surface area (Å²) in [6.07, 6.45) is 16.5. The molecule has 0 saturated carbocycles. The summed E-state index contributed by atoms with van der Waals surface area (Å²) in [5.74, 6) is 0.654. The van der Waals surface area contributed by atoms with Crippen LogP contribution < -0.4 is 11.1 Å². The second-order valence-corrected chi connectivity index (χ2v) is 15.5. The van der Waals surface area contributed by atoms with Gasteiger partial charge in [-0.3, -0.25) is 23.4 Å². The number of carbonyl (C=O) groups is 2. The Bertz CT molecular complexity index is 1100.